The minimum absolute atomic E-state index is 0.373. The Labute approximate surface area is 183 Å². The van der Waals surface area contributed by atoms with Crippen LogP contribution in [0.1, 0.15) is 77.4 Å². The van der Waals surface area contributed by atoms with Gasteiger partial charge in [-0.05, 0) is 6.42 Å². The molecular formula is C22H37N5O4. The van der Waals surface area contributed by atoms with Crippen LogP contribution in [-0.2, 0) is 4.74 Å². The molecule has 2 aromatic rings. The summed E-state index contributed by atoms with van der Waals surface area (Å²) in [6, 6.07) is 0. The number of anilines is 1. The first kappa shape index (κ1) is 23.8. The number of fused-ring (bicyclic) bond motifs is 1. The highest BCUT2D eigenvalue weighted by atomic mass is 16.6. The zero-order valence-electron chi connectivity index (χ0n) is 18.5. The quantitative estimate of drug-likeness (QED) is 0.334. The second-order valence-corrected chi connectivity index (χ2v) is 8.38. The van der Waals surface area contributed by atoms with Crippen LogP contribution >= 0.6 is 0 Å². The van der Waals surface area contributed by atoms with Gasteiger partial charge >= 0.3 is 0 Å². The lowest BCUT2D eigenvalue weighted by Crippen LogP contribution is -2.33. The first-order valence-corrected chi connectivity index (χ1v) is 11.7. The molecule has 1 aliphatic heterocycles. The highest BCUT2D eigenvalue weighted by Crippen LogP contribution is 2.32. The first-order chi connectivity index (χ1) is 15.2. The molecule has 0 amide bonds. The molecule has 4 N–H and O–H groups in total. The van der Waals surface area contributed by atoms with Crippen LogP contribution in [0.2, 0.25) is 0 Å². The van der Waals surface area contributed by atoms with Gasteiger partial charge in [-0.15, -0.1) is 0 Å². The third kappa shape index (κ3) is 6.12. The van der Waals surface area contributed by atoms with Crippen molar-refractivity contribution in [1.82, 2.24) is 19.5 Å². The van der Waals surface area contributed by atoms with Crippen molar-refractivity contribution in [1.29, 1.82) is 0 Å². The van der Waals surface area contributed by atoms with Gasteiger partial charge in [-0.25, -0.2) is 15.0 Å². The van der Waals surface area contributed by atoms with Gasteiger partial charge in [-0.2, -0.15) is 0 Å². The molecule has 2 aromatic heterocycles. The van der Waals surface area contributed by atoms with E-state index in [1.807, 2.05) is 0 Å². The molecule has 3 heterocycles. The topological polar surface area (TPSA) is 126 Å². The second kappa shape index (κ2) is 12.3. The predicted octanol–water partition coefficient (Wildman–Crippen LogP) is 2.77. The van der Waals surface area contributed by atoms with Crippen LogP contribution in [0.15, 0.2) is 12.7 Å². The summed E-state index contributed by atoms with van der Waals surface area (Å²) in [7, 11) is 0. The average Bonchev–Trinajstić information content (AvgIpc) is 3.33. The normalized spacial score (nSPS) is 23.6. The molecule has 1 fully saturated rings. The summed E-state index contributed by atoms with van der Waals surface area (Å²) >= 11 is 0. The molecule has 1 aliphatic rings. The molecular weight excluding hydrogens is 398 g/mol. The van der Waals surface area contributed by atoms with Crippen molar-refractivity contribution in [2.24, 2.45) is 0 Å². The summed E-state index contributed by atoms with van der Waals surface area (Å²) in [6.45, 7) is 2.68. The van der Waals surface area contributed by atoms with E-state index in [4.69, 9.17) is 4.74 Å². The zero-order valence-corrected chi connectivity index (χ0v) is 18.5. The Morgan fingerprint density at radius 1 is 0.935 bits per heavy atom. The molecule has 0 radical (unpaired) electrons. The van der Waals surface area contributed by atoms with Crippen molar-refractivity contribution >= 4 is 17.0 Å². The van der Waals surface area contributed by atoms with Crippen molar-refractivity contribution in [3.8, 4) is 0 Å². The lowest BCUT2D eigenvalue weighted by atomic mass is 10.1. The summed E-state index contributed by atoms with van der Waals surface area (Å²) in [4.78, 5) is 13.0. The Hall–Kier alpha value is -1.81. The van der Waals surface area contributed by atoms with Crippen LogP contribution in [0.5, 0.6) is 0 Å². The van der Waals surface area contributed by atoms with E-state index in [2.05, 4.69) is 27.2 Å². The van der Waals surface area contributed by atoms with Gasteiger partial charge in [0.25, 0.3) is 0 Å². The summed E-state index contributed by atoms with van der Waals surface area (Å²) in [5, 5.41) is 32.9. The standard InChI is InChI=1S/C22H37N5O4/c1-2-3-4-5-6-7-8-9-10-11-12-23-20-17-21(25-14-24-20)27(15-26-17)22-19(30)18(29)16(13-28)31-22/h14-16,18-19,22,28-30H,2-13H2,1H3,(H,23,24,25)/t16-,18-,19-,22-/m1/s1. The Morgan fingerprint density at radius 2 is 1.61 bits per heavy atom. The number of hydrogen-bond donors (Lipinski definition) is 4. The molecule has 1 saturated heterocycles. The van der Waals surface area contributed by atoms with Crippen LogP contribution < -0.4 is 5.32 Å². The Morgan fingerprint density at radius 3 is 2.26 bits per heavy atom. The molecule has 0 unspecified atom stereocenters. The number of aliphatic hydroxyl groups excluding tert-OH is 3. The van der Waals surface area contributed by atoms with Crippen LogP contribution in [-0.4, -0.2) is 66.3 Å². The summed E-state index contributed by atoms with van der Waals surface area (Å²) in [5.74, 6) is 0.645. The molecule has 31 heavy (non-hydrogen) atoms. The summed E-state index contributed by atoms with van der Waals surface area (Å²) < 4.78 is 7.17. The molecule has 0 bridgehead atoms. The number of nitrogens with one attached hydrogen (secondary N) is 1. The summed E-state index contributed by atoms with van der Waals surface area (Å²) in [6.07, 6.45) is 11.8. The Bertz CT molecular complexity index is 786. The van der Waals surface area contributed by atoms with E-state index in [0.717, 1.165) is 13.0 Å². The number of ether oxygens (including phenoxy) is 1. The number of rotatable bonds is 14. The lowest BCUT2D eigenvalue weighted by molar-refractivity contribution is -0.0511. The predicted molar refractivity (Wildman–Crippen MR) is 119 cm³/mol. The fraction of sp³-hybridized carbons (Fsp3) is 0.773. The number of aliphatic hydroxyl groups is 3. The van der Waals surface area contributed by atoms with Gasteiger partial charge in [0.15, 0.2) is 23.2 Å². The van der Waals surface area contributed by atoms with Gasteiger partial charge in [0, 0.05) is 6.54 Å². The van der Waals surface area contributed by atoms with E-state index in [9.17, 15) is 15.3 Å². The molecule has 9 nitrogen and oxygen atoms in total. The number of nitrogens with zero attached hydrogens (tertiary/aromatic N) is 4. The van der Waals surface area contributed by atoms with Gasteiger partial charge in [-0.3, -0.25) is 4.57 Å². The fourth-order valence-corrected chi connectivity index (χ4v) is 4.10. The number of aromatic nitrogens is 4. The maximum absolute atomic E-state index is 10.3. The Balaban J connectivity index is 1.44. The third-order valence-electron chi connectivity index (χ3n) is 5.97. The highest BCUT2D eigenvalue weighted by molar-refractivity contribution is 5.82. The van der Waals surface area contributed by atoms with Crippen molar-refractivity contribution in [2.75, 3.05) is 18.5 Å². The number of imidazole rings is 1. The highest BCUT2D eigenvalue weighted by Gasteiger charge is 2.44. The van der Waals surface area contributed by atoms with Crippen LogP contribution in [0.4, 0.5) is 5.82 Å². The maximum Gasteiger partial charge on any atom is 0.167 e. The molecule has 9 heteroatoms. The van der Waals surface area contributed by atoms with Gasteiger partial charge in [0.1, 0.15) is 24.6 Å². The van der Waals surface area contributed by atoms with E-state index in [1.54, 1.807) is 4.57 Å². The average molecular weight is 436 g/mol. The molecule has 4 atom stereocenters. The summed E-state index contributed by atoms with van der Waals surface area (Å²) in [5.41, 5.74) is 1.10. The zero-order chi connectivity index (χ0) is 22.1. The van der Waals surface area contributed by atoms with Gasteiger partial charge in [0.2, 0.25) is 0 Å². The van der Waals surface area contributed by atoms with Crippen molar-refractivity contribution in [2.45, 2.75) is 95.7 Å². The minimum atomic E-state index is -1.17. The third-order valence-corrected chi connectivity index (χ3v) is 5.97. The fourth-order valence-electron chi connectivity index (χ4n) is 4.10. The van der Waals surface area contributed by atoms with Gasteiger partial charge in [0.05, 0.1) is 12.9 Å². The van der Waals surface area contributed by atoms with Crippen molar-refractivity contribution < 1.29 is 20.1 Å². The van der Waals surface area contributed by atoms with Gasteiger partial charge < -0.3 is 25.4 Å². The van der Waals surface area contributed by atoms with Crippen molar-refractivity contribution in [3.05, 3.63) is 12.7 Å². The SMILES string of the molecule is CCCCCCCCCCCCNc1ncnc2c1ncn2[C@@H]1O[C@H](CO)[C@@H](O)[C@H]1O. The van der Waals surface area contributed by atoms with E-state index >= 15 is 0 Å². The van der Waals surface area contributed by atoms with Crippen molar-refractivity contribution in [3.63, 3.8) is 0 Å². The molecule has 0 spiro atoms. The first-order valence-electron chi connectivity index (χ1n) is 11.7. The number of hydrogen-bond acceptors (Lipinski definition) is 8. The Kier molecular flexibility index (Phi) is 9.45. The largest absolute Gasteiger partial charge is 0.394 e. The van der Waals surface area contributed by atoms with Crippen LogP contribution in [0.25, 0.3) is 11.2 Å². The van der Waals surface area contributed by atoms with Crippen LogP contribution in [0.3, 0.4) is 0 Å². The van der Waals surface area contributed by atoms with Crippen LogP contribution in [0, 0.1) is 0 Å². The maximum atomic E-state index is 10.3. The minimum Gasteiger partial charge on any atom is -0.394 e. The lowest BCUT2D eigenvalue weighted by Gasteiger charge is -2.16. The van der Waals surface area contributed by atoms with E-state index < -0.39 is 24.5 Å². The second-order valence-electron chi connectivity index (χ2n) is 8.38. The van der Waals surface area contributed by atoms with E-state index in [-0.39, 0.29) is 6.61 Å². The number of unbranched alkanes of at least 4 members (excludes halogenated alkanes) is 9. The van der Waals surface area contributed by atoms with E-state index in [0.29, 0.717) is 17.0 Å². The smallest absolute Gasteiger partial charge is 0.167 e. The monoisotopic (exact) mass is 435 g/mol. The van der Waals surface area contributed by atoms with E-state index in [1.165, 1.54) is 70.4 Å². The molecule has 0 saturated carbocycles. The molecule has 0 aliphatic carbocycles. The van der Waals surface area contributed by atoms with Gasteiger partial charge in [-0.1, -0.05) is 64.7 Å². The molecule has 0 aromatic carbocycles. The molecule has 3 rings (SSSR count). The molecule has 174 valence electrons.